The van der Waals surface area contributed by atoms with E-state index in [9.17, 15) is 14.9 Å². The third-order valence-corrected chi connectivity index (χ3v) is 3.57. The summed E-state index contributed by atoms with van der Waals surface area (Å²) in [6.07, 6.45) is 0. The fraction of sp³-hybridized carbons (Fsp3) is 0.412. The summed E-state index contributed by atoms with van der Waals surface area (Å²) in [5, 5.41) is 17.4. The lowest BCUT2D eigenvalue weighted by Crippen LogP contribution is -2.27. The number of ether oxygens (including phenoxy) is 2. The van der Waals surface area contributed by atoms with E-state index in [4.69, 9.17) is 9.47 Å². The highest BCUT2D eigenvalue weighted by Crippen LogP contribution is 2.28. The first kappa shape index (κ1) is 19.2. The number of nitrogens with one attached hydrogen (secondary N) is 1. The van der Waals surface area contributed by atoms with Crippen LogP contribution in [0, 0.1) is 17.0 Å². The predicted molar refractivity (Wildman–Crippen MR) is 94.7 cm³/mol. The minimum Gasteiger partial charge on any atom is -0.490 e. The highest BCUT2D eigenvalue weighted by atomic mass is 16.6. The van der Waals surface area contributed by atoms with Gasteiger partial charge in [-0.25, -0.2) is 0 Å². The van der Waals surface area contributed by atoms with Gasteiger partial charge < -0.3 is 24.9 Å². The first-order chi connectivity index (χ1) is 12.5. The molecule has 0 spiro atoms. The number of nitrogens with zero attached hydrogens (tertiary/aromatic N) is 3. The summed E-state index contributed by atoms with van der Waals surface area (Å²) in [5.74, 6) is 0.626. The highest BCUT2D eigenvalue weighted by molar-refractivity contribution is 5.94. The molecule has 0 aliphatic rings. The third-order valence-electron chi connectivity index (χ3n) is 3.57. The number of hydrogen-bond acceptors (Lipinski definition) is 6. The number of aryl methyl sites for hydroxylation is 1. The Balaban J connectivity index is 1.99. The molecule has 0 aliphatic carbocycles. The molecule has 1 aromatic carbocycles. The Kier molecular flexibility index (Phi) is 6.54. The van der Waals surface area contributed by atoms with Crippen LogP contribution in [-0.2, 0) is 6.54 Å². The molecule has 0 unspecified atom stereocenters. The van der Waals surface area contributed by atoms with Crippen LogP contribution in [0.3, 0.4) is 0 Å². The smallest absolute Gasteiger partial charge is 0.390 e. The minimum atomic E-state index is -0.544. The van der Waals surface area contributed by atoms with E-state index in [1.165, 1.54) is 10.7 Å². The van der Waals surface area contributed by atoms with Crippen LogP contribution < -0.4 is 14.8 Å². The molecule has 0 fully saturated rings. The Morgan fingerprint density at radius 3 is 2.54 bits per heavy atom. The minimum absolute atomic E-state index is 0.207. The maximum atomic E-state index is 12.3. The van der Waals surface area contributed by atoms with Gasteiger partial charge in [-0.05, 0) is 43.9 Å². The summed E-state index contributed by atoms with van der Waals surface area (Å²) < 4.78 is 12.5. The Hall–Kier alpha value is -3.10. The van der Waals surface area contributed by atoms with E-state index in [1.54, 1.807) is 25.1 Å². The van der Waals surface area contributed by atoms with E-state index in [-0.39, 0.29) is 18.3 Å². The number of rotatable bonds is 9. The van der Waals surface area contributed by atoms with Crippen LogP contribution in [0.4, 0.5) is 5.82 Å². The van der Waals surface area contributed by atoms with Crippen molar-refractivity contribution >= 4 is 11.7 Å². The molecule has 1 N–H and O–H groups in total. The molecule has 0 bridgehead atoms. The number of hydrogen-bond donors (Lipinski definition) is 1. The second kappa shape index (κ2) is 8.84. The Bertz CT molecular complexity index is 787. The summed E-state index contributed by atoms with van der Waals surface area (Å²) in [5.41, 5.74) is 1.10. The van der Waals surface area contributed by atoms with Crippen LogP contribution in [-0.4, -0.2) is 40.4 Å². The van der Waals surface area contributed by atoms with Gasteiger partial charge in [0.15, 0.2) is 11.5 Å². The van der Waals surface area contributed by atoms with Crippen molar-refractivity contribution in [3.63, 3.8) is 0 Å². The number of carbonyl (C=O) groups excluding carboxylic acids is 1. The maximum absolute atomic E-state index is 12.3. The Morgan fingerprint density at radius 2 is 1.92 bits per heavy atom. The SMILES string of the molecule is CCOc1ccc(C(=O)NCCn2nc([N+](=O)[O-])cc2C)cc1OCC. The van der Waals surface area contributed by atoms with E-state index in [0.717, 1.165) is 0 Å². The molecule has 140 valence electrons. The summed E-state index contributed by atoms with van der Waals surface area (Å²) in [6, 6.07) is 6.38. The van der Waals surface area contributed by atoms with Crippen molar-refractivity contribution in [3.8, 4) is 11.5 Å². The van der Waals surface area contributed by atoms with Crippen LogP contribution in [0.5, 0.6) is 11.5 Å². The largest absolute Gasteiger partial charge is 0.490 e. The van der Waals surface area contributed by atoms with Crippen molar-refractivity contribution < 1.29 is 19.2 Å². The van der Waals surface area contributed by atoms with Gasteiger partial charge in [-0.2, -0.15) is 4.68 Å². The average Bonchev–Trinajstić information content (AvgIpc) is 2.98. The first-order valence-electron chi connectivity index (χ1n) is 8.33. The third kappa shape index (κ3) is 4.71. The highest BCUT2D eigenvalue weighted by Gasteiger charge is 2.16. The van der Waals surface area contributed by atoms with Crippen LogP contribution in [0.25, 0.3) is 0 Å². The number of amides is 1. The van der Waals surface area contributed by atoms with E-state index in [2.05, 4.69) is 10.4 Å². The monoisotopic (exact) mass is 362 g/mol. The van der Waals surface area contributed by atoms with E-state index in [1.807, 2.05) is 13.8 Å². The molecule has 9 heteroatoms. The maximum Gasteiger partial charge on any atom is 0.390 e. The summed E-state index contributed by atoms with van der Waals surface area (Å²) >= 11 is 0. The van der Waals surface area contributed by atoms with Gasteiger partial charge in [0.1, 0.15) is 0 Å². The van der Waals surface area contributed by atoms with E-state index < -0.39 is 4.92 Å². The van der Waals surface area contributed by atoms with Crippen molar-refractivity contribution in [2.75, 3.05) is 19.8 Å². The fourth-order valence-electron chi connectivity index (χ4n) is 2.38. The van der Waals surface area contributed by atoms with Crippen LogP contribution in [0.15, 0.2) is 24.3 Å². The molecular weight excluding hydrogens is 340 g/mol. The summed E-state index contributed by atoms with van der Waals surface area (Å²) in [6.45, 7) is 7.04. The molecule has 1 amide bonds. The average molecular weight is 362 g/mol. The zero-order chi connectivity index (χ0) is 19.1. The van der Waals surface area contributed by atoms with Gasteiger partial charge >= 0.3 is 5.82 Å². The number of aromatic nitrogens is 2. The second-order valence-corrected chi connectivity index (χ2v) is 5.41. The topological polar surface area (TPSA) is 109 Å². The zero-order valence-corrected chi connectivity index (χ0v) is 15.0. The molecular formula is C17H22N4O5. The molecule has 0 aliphatic heterocycles. The quantitative estimate of drug-likeness (QED) is 0.542. The van der Waals surface area contributed by atoms with E-state index >= 15 is 0 Å². The van der Waals surface area contributed by atoms with Crippen LogP contribution >= 0.6 is 0 Å². The Labute approximate surface area is 151 Å². The van der Waals surface area contributed by atoms with Crippen molar-refractivity contribution in [2.45, 2.75) is 27.3 Å². The first-order valence-corrected chi connectivity index (χ1v) is 8.33. The fourth-order valence-corrected chi connectivity index (χ4v) is 2.38. The molecule has 9 nitrogen and oxygen atoms in total. The molecule has 26 heavy (non-hydrogen) atoms. The normalized spacial score (nSPS) is 10.4. The van der Waals surface area contributed by atoms with Gasteiger partial charge in [-0.1, -0.05) is 0 Å². The molecule has 0 saturated heterocycles. The molecule has 2 aromatic rings. The number of carbonyl (C=O) groups is 1. The van der Waals surface area contributed by atoms with Crippen LogP contribution in [0.1, 0.15) is 29.9 Å². The van der Waals surface area contributed by atoms with Gasteiger partial charge in [-0.3, -0.25) is 4.79 Å². The molecule has 0 atom stereocenters. The predicted octanol–water partition coefficient (Wildman–Crippen LogP) is 2.33. The molecule has 0 radical (unpaired) electrons. The van der Waals surface area contributed by atoms with E-state index in [0.29, 0.717) is 42.5 Å². The van der Waals surface area contributed by atoms with Gasteiger partial charge in [0.25, 0.3) is 5.91 Å². The lowest BCUT2D eigenvalue weighted by Gasteiger charge is -2.12. The number of nitro groups is 1. The number of benzene rings is 1. The van der Waals surface area contributed by atoms with Gasteiger partial charge in [0.2, 0.25) is 0 Å². The van der Waals surface area contributed by atoms with Gasteiger partial charge in [0, 0.05) is 12.1 Å². The molecule has 0 saturated carbocycles. The lowest BCUT2D eigenvalue weighted by molar-refractivity contribution is -0.389. The zero-order valence-electron chi connectivity index (χ0n) is 15.0. The molecule has 1 aromatic heterocycles. The van der Waals surface area contributed by atoms with Gasteiger partial charge in [0.05, 0.1) is 36.6 Å². The van der Waals surface area contributed by atoms with Crippen molar-refractivity contribution in [1.82, 2.24) is 15.1 Å². The van der Waals surface area contributed by atoms with Gasteiger partial charge in [-0.15, -0.1) is 0 Å². The van der Waals surface area contributed by atoms with Crippen molar-refractivity contribution in [3.05, 3.63) is 45.6 Å². The summed E-state index contributed by atoms with van der Waals surface area (Å²) in [7, 11) is 0. The Morgan fingerprint density at radius 1 is 1.23 bits per heavy atom. The molecule has 2 rings (SSSR count). The van der Waals surface area contributed by atoms with Crippen molar-refractivity contribution in [1.29, 1.82) is 0 Å². The van der Waals surface area contributed by atoms with Crippen molar-refractivity contribution in [2.24, 2.45) is 0 Å². The molecule has 1 heterocycles. The van der Waals surface area contributed by atoms with Crippen LogP contribution in [0.2, 0.25) is 0 Å². The summed E-state index contributed by atoms with van der Waals surface area (Å²) in [4.78, 5) is 22.5. The lowest BCUT2D eigenvalue weighted by atomic mass is 10.2. The second-order valence-electron chi connectivity index (χ2n) is 5.41. The standard InChI is InChI=1S/C17H22N4O5/c1-4-25-14-7-6-13(11-15(14)26-5-2)17(22)18-8-9-20-12(3)10-16(19-20)21(23)24/h6-7,10-11H,4-5,8-9H2,1-3H3,(H,18,22).